The summed E-state index contributed by atoms with van der Waals surface area (Å²) in [5.41, 5.74) is -1.66. The molecule has 0 spiro atoms. The summed E-state index contributed by atoms with van der Waals surface area (Å²) in [7, 11) is -3.55. The van der Waals surface area contributed by atoms with E-state index in [1.54, 1.807) is 4.90 Å². The monoisotopic (exact) mass is 744 g/mol. The number of rotatable bonds is 14. The first kappa shape index (κ1) is 37.6. The number of hydrogen-bond acceptors (Lipinski definition) is 7. The van der Waals surface area contributed by atoms with Gasteiger partial charge in [0.25, 0.3) is 5.91 Å². The zero-order valence-corrected chi connectivity index (χ0v) is 32.2. The van der Waals surface area contributed by atoms with E-state index in [4.69, 9.17) is 0 Å². The first-order chi connectivity index (χ1) is 24.6. The fourth-order valence-corrected chi connectivity index (χ4v) is 12.0. The normalized spacial score (nSPS) is 30.1. The Bertz CT molecular complexity index is 1540. The lowest BCUT2D eigenvalue weighted by atomic mass is 9.70. The smallest absolute Gasteiger partial charge is 0.315 e. The minimum absolute atomic E-state index is 0.0189. The number of ketones is 1. The molecule has 5 saturated carbocycles. The Kier molecular flexibility index (Phi) is 10.2. The van der Waals surface area contributed by atoms with Gasteiger partial charge in [-0.15, -0.1) is 0 Å². The number of carbonyl (C=O) groups excluding carboxylic acids is 5. The number of likely N-dealkylation sites (tertiary alicyclic amines) is 1. The first-order valence-electron chi connectivity index (χ1n) is 20.1. The number of urea groups is 1. The van der Waals surface area contributed by atoms with Crippen LogP contribution in [0, 0.1) is 28.6 Å². The number of nitrogens with one attached hydrogen (secondary N) is 4. The maximum absolute atomic E-state index is 14.9. The van der Waals surface area contributed by atoms with Crippen molar-refractivity contribution in [2.45, 2.75) is 153 Å². The van der Waals surface area contributed by atoms with Crippen LogP contribution in [0.25, 0.3) is 0 Å². The fraction of sp³-hybridized carbons (Fsp3) is 0.868. The zero-order valence-electron chi connectivity index (χ0n) is 31.3. The van der Waals surface area contributed by atoms with E-state index in [2.05, 4.69) is 35.1 Å². The third-order valence-corrected chi connectivity index (χ3v) is 15.9. The Morgan fingerprint density at radius 2 is 1.44 bits per heavy atom. The summed E-state index contributed by atoms with van der Waals surface area (Å²) in [6.45, 7) is 7.62. The van der Waals surface area contributed by atoms with Gasteiger partial charge < -0.3 is 26.2 Å². The molecule has 0 bridgehead atoms. The van der Waals surface area contributed by atoms with Crippen molar-refractivity contribution in [3.8, 4) is 0 Å². The van der Waals surface area contributed by atoms with E-state index < -0.39 is 62.7 Å². The highest BCUT2D eigenvalue weighted by Crippen LogP contribution is 2.65. The summed E-state index contributed by atoms with van der Waals surface area (Å²) >= 11 is 0. The largest absolute Gasteiger partial charge is 0.347 e. The maximum Gasteiger partial charge on any atom is 0.315 e. The van der Waals surface area contributed by atoms with Crippen LogP contribution in [0.1, 0.15) is 124 Å². The standard InChI is InChI=1S/C38H60N6O7S/c1-36(2)26-22-44(29(28(26)36)32(46)40-27(21-24-11-12-24)30(45)33(47)39-25-13-14-25)34(48)31(37(3)15-6-4-7-16-37)41-35(49)42-38(17-8-5-9-18-38)23-52(50,51)43-19-10-20-43/h24-29,31H,4-23H2,1-3H3,(H,39,47)(H,40,46)(H2,41,42,49)/t26-,27-,28-,29-,31+/m0/s1. The van der Waals surface area contributed by atoms with Crippen molar-refractivity contribution in [1.29, 1.82) is 0 Å². The van der Waals surface area contributed by atoms with Gasteiger partial charge in [0.1, 0.15) is 12.1 Å². The van der Waals surface area contributed by atoms with E-state index in [1.165, 1.54) is 4.31 Å². The van der Waals surface area contributed by atoms with Gasteiger partial charge in [-0.1, -0.05) is 72.1 Å². The second kappa shape index (κ2) is 14.2. The van der Waals surface area contributed by atoms with Gasteiger partial charge in [-0.2, -0.15) is 0 Å². The molecule has 4 N–H and O–H groups in total. The quantitative estimate of drug-likeness (QED) is 0.198. The Hall–Kier alpha value is -2.74. The molecule has 5 aliphatic carbocycles. The predicted molar refractivity (Wildman–Crippen MR) is 194 cm³/mol. The summed E-state index contributed by atoms with van der Waals surface area (Å²) in [6.07, 6.45) is 12.9. The van der Waals surface area contributed by atoms with Crippen LogP contribution < -0.4 is 21.3 Å². The number of amides is 5. The Labute approximate surface area is 308 Å². The molecule has 0 aromatic heterocycles. The van der Waals surface area contributed by atoms with Gasteiger partial charge in [0.15, 0.2) is 0 Å². The van der Waals surface area contributed by atoms with Crippen molar-refractivity contribution in [3.63, 3.8) is 0 Å². The van der Waals surface area contributed by atoms with Crippen LogP contribution in [0.2, 0.25) is 0 Å². The van der Waals surface area contributed by atoms with E-state index in [0.29, 0.717) is 38.9 Å². The lowest BCUT2D eigenvalue weighted by Gasteiger charge is -2.44. The van der Waals surface area contributed by atoms with Gasteiger partial charge in [0, 0.05) is 25.7 Å². The van der Waals surface area contributed by atoms with Gasteiger partial charge in [-0.3, -0.25) is 19.2 Å². The molecule has 52 heavy (non-hydrogen) atoms. The molecule has 2 heterocycles. The van der Waals surface area contributed by atoms with Crippen LogP contribution in [-0.2, 0) is 29.2 Å². The summed E-state index contributed by atoms with van der Waals surface area (Å²) in [5.74, 6) is -1.92. The molecule has 2 saturated heterocycles. The molecule has 290 valence electrons. The third kappa shape index (κ3) is 7.75. The molecule has 5 amide bonds. The number of hydrogen-bond donors (Lipinski definition) is 4. The fourth-order valence-electron chi connectivity index (χ4n) is 9.93. The molecule has 7 rings (SSSR count). The van der Waals surface area contributed by atoms with Crippen LogP contribution in [0.5, 0.6) is 0 Å². The minimum atomic E-state index is -3.55. The van der Waals surface area contributed by atoms with Crippen LogP contribution in [0.3, 0.4) is 0 Å². The number of fused-ring (bicyclic) bond motifs is 1. The van der Waals surface area contributed by atoms with Crippen molar-refractivity contribution in [2.75, 3.05) is 25.4 Å². The molecule has 5 atom stereocenters. The molecule has 14 heteroatoms. The van der Waals surface area contributed by atoms with Gasteiger partial charge in [-0.25, -0.2) is 17.5 Å². The van der Waals surface area contributed by atoms with Crippen molar-refractivity contribution >= 4 is 39.6 Å². The number of nitrogens with zero attached hydrogens (tertiary/aromatic N) is 2. The number of piperidine rings is 1. The van der Waals surface area contributed by atoms with Crippen molar-refractivity contribution in [3.05, 3.63) is 0 Å². The van der Waals surface area contributed by atoms with Crippen LogP contribution in [0.4, 0.5) is 4.79 Å². The van der Waals surface area contributed by atoms with Crippen LogP contribution in [-0.4, -0.2) is 102 Å². The highest BCUT2D eigenvalue weighted by molar-refractivity contribution is 7.89. The summed E-state index contributed by atoms with van der Waals surface area (Å²) in [5, 5.41) is 11.9. The second-order valence-electron chi connectivity index (χ2n) is 18.3. The Balaban J connectivity index is 1.11. The molecule has 13 nitrogen and oxygen atoms in total. The summed E-state index contributed by atoms with van der Waals surface area (Å²) in [4.78, 5) is 71.2. The van der Waals surface area contributed by atoms with E-state index in [0.717, 1.165) is 83.5 Å². The first-order valence-corrected chi connectivity index (χ1v) is 21.8. The lowest BCUT2D eigenvalue weighted by Crippen LogP contribution is -2.65. The molecule has 0 radical (unpaired) electrons. The predicted octanol–water partition coefficient (Wildman–Crippen LogP) is 2.98. The van der Waals surface area contributed by atoms with Crippen LogP contribution in [0.15, 0.2) is 0 Å². The number of sulfonamides is 1. The molecular weight excluding hydrogens is 685 g/mol. The molecule has 7 aliphatic rings. The average Bonchev–Trinajstić information content (AvgIpc) is 4.02. The minimum Gasteiger partial charge on any atom is -0.347 e. The van der Waals surface area contributed by atoms with Crippen molar-refractivity contribution in [1.82, 2.24) is 30.5 Å². The number of carbonyl (C=O) groups is 5. The molecule has 2 aliphatic heterocycles. The van der Waals surface area contributed by atoms with E-state index >= 15 is 0 Å². The Morgan fingerprint density at radius 3 is 2.02 bits per heavy atom. The van der Waals surface area contributed by atoms with Gasteiger partial charge in [0.2, 0.25) is 27.6 Å². The lowest BCUT2D eigenvalue weighted by molar-refractivity contribution is -0.146. The topological polar surface area (TPSA) is 174 Å². The molecular formula is C38H60N6O7S. The Morgan fingerprint density at radius 1 is 0.808 bits per heavy atom. The SMILES string of the molecule is CC1([C@H](NC(=O)NC2(CS(=O)(=O)N3CCC3)CCCCC2)C(=O)N2C[C@H]3[C@@H]([C@H]2C(=O)N[C@@H](CC2CC2)C(=O)C(=O)NC2CC2)C3(C)C)CCCCC1. The highest BCUT2D eigenvalue weighted by Gasteiger charge is 2.70. The molecule has 0 unspecified atom stereocenters. The van der Waals surface area contributed by atoms with E-state index in [-0.39, 0.29) is 40.9 Å². The third-order valence-electron chi connectivity index (χ3n) is 13.9. The van der Waals surface area contributed by atoms with Crippen molar-refractivity contribution in [2.24, 2.45) is 28.6 Å². The highest BCUT2D eigenvalue weighted by atomic mass is 32.2. The molecule has 0 aromatic carbocycles. The summed E-state index contributed by atoms with van der Waals surface area (Å²) < 4.78 is 28.2. The molecule has 0 aromatic rings. The van der Waals surface area contributed by atoms with Gasteiger partial charge >= 0.3 is 6.03 Å². The average molecular weight is 745 g/mol. The maximum atomic E-state index is 14.9. The van der Waals surface area contributed by atoms with Crippen molar-refractivity contribution < 1.29 is 32.4 Å². The van der Waals surface area contributed by atoms with E-state index in [9.17, 15) is 32.4 Å². The van der Waals surface area contributed by atoms with Gasteiger partial charge in [0.05, 0.1) is 17.3 Å². The van der Waals surface area contributed by atoms with E-state index in [1.807, 2.05) is 6.92 Å². The number of Topliss-reactive ketones (excluding diaryl/α,β-unsaturated/α-hetero) is 1. The molecule has 7 fully saturated rings. The zero-order chi connectivity index (χ0) is 37.1. The van der Waals surface area contributed by atoms with Gasteiger partial charge in [-0.05, 0) is 80.0 Å². The second-order valence-corrected chi connectivity index (χ2v) is 20.3. The summed E-state index contributed by atoms with van der Waals surface area (Å²) in [6, 6.07) is -3.24. The van der Waals surface area contributed by atoms with Crippen LogP contribution >= 0.6 is 0 Å².